The van der Waals surface area contributed by atoms with Crippen molar-refractivity contribution in [3.63, 3.8) is 0 Å². The Kier molecular flexibility index (Phi) is 8.86. The van der Waals surface area contributed by atoms with E-state index in [1.54, 1.807) is 31.4 Å². The molecule has 6 heteroatoms. The number of hydrogen-bond acceptors (Lipinski definition) is 4. The molecule has 0 unspecified atom stereocenters. The predicted octanol–water partition coefficient (Wildman–Crippen LogP) is 1.39. The second kappa shape index (κ2) is 10.8. The van der Waals surface area contributed by atoms with Crippen LogP contribution in [0.25, 0.3) is 0 Å². The van der Waals surface area contributed by atoms with E-state index in [1.807, 2.05) is 6.92 Å². The molecule has 0 atom stereocenters. The maximum Gasteiger partial charge on any atom is 0.251 e. The Morgan fingerprint density at radius 2 is 2.05 bits per heavy atom. The van der Waals surface area contributed by atoms with Gasteiger partial charge in [-0.1, -0.05) is 13.0 Å². The average Bonchev–Trinajstić information content (AvgIpc) is 2.52. The SMILES string of the molecule is CCCNCC(=O)Nc1cccc(C(=O)NCCCOC)c1. The van der Waals surface area contributed by atoms with Gasteiger partial charge in [0.2, 0.25) is 5.91 Å². The minimum atomic E-state index is -0.156. The molecule has 122 valence electrons. The predicted molar refractivity (Wildman–Crippen MR) is 87.1 cm³/mol. The molecule has 6 nitrogen and oxygen atoms in total. The van der Waals surface area contributed by atoms with E-state index in [0.29, 0.717) is 24.4 Å². The van der Waals surface area contributed by atoms with Gasteiger partial charge in [-0.15, -0.1) is 0 Å². The normalized spacial score (nSPS) is 10.3. The van der Waals surface area contributed by atoms with Gasteiger partial charge >= 0.3 is 0 Å². The number of carbonyl (C=O) groups excluding carboxylic acids is 2. The molecule has 0 aromatic heterocycles. The van der Waals surface area contributed by atoms with Crippen molar-refractivity contribution < 1.29 is 14.3 Å². The van der Waals surface area contributed by atoms with Gasteiger partial charge in [-0.2, -0.15) is 0 Å². The summed E-state index contributed by atoms with van der Waals surface area (Å²) in [6, 6.07) is 6.90. The molecule has 0 saturated carbocycles. The van der Waals surface area contributed by atoms with Gasteiger partial charge in [-0.05, 0) is 37.6 Å². The standard InChI is InChI=1S/C16H25N3O3/c1-3-8-17-12-15(20)19-14-7-4-6-13(11-14)16(21)18-9-5-10-22-2/h4,6-7,11,17H,3,5,8-10,12H2,1-2H3,(H,18,21)(H,19,20). The van der Waals surface area contributed by atoms with E-state index in [4.69, 9.17) is 4.74 Å². The topological polar surface area (TPSA) is 79.5 Å². The second-order valence-electron chi connectivity index (χ2n) is 4.91. The number of anilines is 1. The van der Waals surface area contributed by atoms with Gasteiger partial charge in [0.1, 0.15) is 0 Å². The molecular weight excluding hydrogens is 282 g/mol. The fraction of sp³-hybridized carbons (Fsp3) is 0.500. The summed E-state index contributed by atoms with van der Waals surface area (Å²) < 4.78 is 4.93. The summed E-state index contributed by atoms with van der Waals surface area (Å²) in [4.78, 5) is 23.7. The number of methoxy groups -OCH3 is 1. The highest BCUT2D eigenvalue weighted by Gasteiger charge is 2.07. The Balaban J connectivity index is 2.47. The summed E-state index contributed by atoms with van der Waals surface area (Å²) in [5, 5.41) is 8.61. The fourth-order valence-corrected chi connectivity index (χ4v) is 1.84. The molecule has 0 fully saturated rings. The Morgan fingerprint density at radius 3 is 2.77 bits per heavy atom. The highest BCUT2D eigenvalue weighted by atomic mass is 16.5. The van der Waals surface area contributed by atoms with Gasteiger partial charge in [0.15, 0.2) is 0 Å². The van der Waals surface area contributed by atoms with Gasteiger partial charge in [0.05, 0.1) is 6.54 Å². The number of benzene rings is 1. The molecule has 0 aliphatic rings. The summed E-state index contributed by atoms with van der Waals surface area (Å²) in [6.07, 6.45) is 1.74. The Labute approximate surface area is 131 Å². The third-order valence-electron chi connectivity index (χ3n) is 2.93. The zero-order valence-corrected chi connectivity index (χ0v) is 13.3. The first kappa shape index (κ1) is 18.1. The van der Waals surface area contributed by atoms with E-state index in [1.165, 1.54) is 0 Å². The summed E-state index contributed by atoms with van der Waals surface area (Å²) in [5.74, 6) is -0.276. The minimum absolute atomic E-state index is 0.119. The van der Waals surface area contributed by atoms with E-state index >= 15 is 0 Å². The maximum absolute atomic E-state index is 12.0. The molecule has 0 heterocycles. The lowest BCUT2D eigenvalue weighted by molar-refractivity contribution is -0.115. The van der Waals surface area contributed by atoms with E-state index in [2.05, 4.69) is 16.0 Å². The molecule has 0 spiro atoms. The lowest BCUT2D eigenvalue weighted by Crippen LogP contribution is -2.29. The molecule has 1 aromatic rings. The van der Waals surface area contributed by atoms with Crippen LogP contribution in [0.3, 0.4) is 0 Å². The van der Waals surface area contributed by atoms with Crippen molar-refractivity contribution in [1.82, 2.24) is 10.6 Å². The molecule has 2 amide bonds. The van der Waals surface area contributed by atoms with Crippen LogP contribution in [-0.4, -0.2) is 45.2 Å². The molecule has 0 bridgehead atoms. The quantitative estimate of drug-likeness (QED) is 0.571. The van der Waals surface area contributed by atoms with E-state index in [-0.39, 0.29) is 18.4 Å². The first-order chi connectivity index (χ1) is 10.7. The summed E-state index contributed by atoms with van der Waals surface area (Å²) >= 11 is 0. The summed E-state index contributed by atoms with van der Waals surface area (Å²) in [7, 11) is 1.63. The summed E-state index contributed by atoms with van der Waals surface area (Å²) in [6.45, 7) is 4.28. The van der Waals surface area contributed by atoms with Crippen molar-refractivity contribution in [2.45, 2.75) is 19.8 Å². The monoisotopic (exact) mass is 307 g/mol. The summed E-state index contributed by atoms with van der Waals surface area (Å²) in [5.41, 5.74) is 1.14. The average molecular weight is 307 g/mol. The number of ether oxygens (including phenoxy) is 1. The molecule has 0 saturated heterocycles. The number of amides is 2. The number of hydrogen-bond donors (Lipinski definition) is 3. The van der Waals surface area contributed by atoms with Crippen LogP contribution in [0, 0.1) is 0 Å². The highest BCUT2D eigenvalue weighted by molar-refractivity contribution is 5.97. The molecule has 0 aliphatic carbocycles. The van der Waals surface area contributed by atoms with Gasteiger partial charge in [0, 0.05) is 31.5 Å². The lowest BCUT2D eigenvalue weighted by Gasteiger charge is -2.09. The van der Waals surface area contributed by atoms with Crippen LogP contribution in [0.4, 0.5) is 5.69 Å². The van der Waals surface area contributed by atoms with Gasteiger partial charge in [-0.25, -0.2) is 0 Å². The number of rotatable bonds is 10. The zero-order chi connectivity index (χ0) is 16.2. The lowest BCUT2D eigenvalue weighted by atomic mass is 10.2. The highest BCUT2D eigenvalue weighted by Crippen LogP contribution is 2.10. The van der Waals surface area contributed by atoms with Crippen molar-refractivity contribution in [3.05, 3.63) is 29.8 Å². The van der Waals surface area contributed by atoms with E-state index in [0.717, 1.165) is 19.4 Å². The van der Waals surface area contributed by atoms with Crippen molar-refractivity contribution in [2.24, 2.45) is 0 Å². The van der Waals surface area contributed by atoms with Crippen LogP contribution in [0.5, 0.6) is 0 Å². The van der Waals surface area contributed by atoms with Crippen LogP contribution in [0.2, 0.25) is 0 Å². The molecular formula is C16H25N3O3. The van der Waals surface area contributed by atoms with Crippen LogP contribution >= 0.6 is 0 Å². The van der Waals surface area contributed by atoms with Crippen LogP contribution in [-0.2, 0) is 9.53 Å². The molecule has 1 rings (SSSR count). The van der Waals surface area contributed by atoms with E-state index < -0.39 is 0 Å². The zero-order valence-electron chi connectivity index (χ0n) is 13.3. The Bertz CT molecular complexity index is 477. The van der Waals surface area contributed by atoms with Crippen LogP contribution in [0.1, 0.15) is 30.1 Å². The first-order valence-electron chi connectivity index (χ1n) is 7.55. The Morgan fingerprint density at radius 1 is 1.23 bits per heavy atom. The smallest absolute Gasteiger partial charge is 0.251 e. The van der Waals surface area contributed by atoms with E-state index in [9.17, 15) is 9.59 Å². The maximum atomic E-state index is 12.0. The largest absolute Gasteiger partial charge is 0.385 e. The van der Waals surface area contributed by atoms with Crippen LogP contribution < -0.4 is 16.0 Å². The minimum Gasteiger partial charge on any atom is -0.385 e. The molecule has 1 aromatic carbocycles. The molecule has 22 heavy (non-hydrogen) atoms. The van der Waals surface area contributed by atoms with Crippen molar-refractivity contribution in [1.29, 1.82) is 0 Å². The first-order valence-corrected chi connectivity index (χ1v) is 7.55. The molecule has 3 N–H and O–H groups in total. The third-order valence-corrected chi connectivity index (χ3v) is 2.93. The second-order valence-corrected chi connectivity index (χ2v) is 4.91. The van der Waals surface area contributed by atoms with Gasteiger partial charge < -0.3 is 20.7 Å². The van der Waals surface area contributed by atoms with Crippen molar-refractivity contribution >= 4 is 17.5 Å². The molecule has 0 aliphatic heterocycles. The number of carbonyl (C=O) groups is 2. The van der Waals surface area contributed by atoms with Crippen LogP contribution in [0.15, 0.2) is 24.3 Å². The molecule has 0 radical (unpaired) electrons. The third kappa shape index (κ3) is 7.19. The Hall–Kier alpha value is -1.92. The van der Waals surface area contributed by atoms with Crippen molar-refractivity contribution in [2.75, 3.05) is 38.7 Å². The number of nitrogens with one attached hydrogen (secondary N) is 3. The van der Waals surface area contributed by atoms with Crippen molar-refractivity contribution in [3.8, 4) is 0 Å². The van der Waals surface area contributed by atoms with Gasteiger partial charge in [-0.3, -0.25) is 9.59 Å². The van der Waals surface area contributed by atoms with Gasteiger partial charge in [0.25, 0.3) is 5.91 Å². The fourth-order valence-electron chi connectivity index (χ4n) is 1.84.